The normalized spacial score (nSPS) is 16.6. The minimum Gasteiger partial charge on any atom is -0.450 e. The van der Waals surface area contributed by atoms with E-state index < -0.39 is 47.2 Å². The molecule has 42 heavy (non-hydrogen) atoms. The number of rotatable bonds is 7. The predicted octanol–water partition coefficient (Wildman–Crippen LogP) is 3.21. The van der Waals surface area contributed by atoms with Crippen molar-refractivity contribution in [2.24, 2.45) is 12.8 Å². The van der Waals surface area contributed by atoms with E-state index in [4.69, 9.17) is 19.6 Å². The summed E-state index contributed by atoms with van der Waals surface area (Å²) in [6.07, 6.45) is -1.10. The number of fused-ring (bicyclic) bond motifs is 1. The summed E-state index contributed by atoms with van der Waals surface area (Å²) in [6, 6.07) is 8.36. The number of benzene rings is 2. The average molecular weight is 585 g/mol. The van der Waals surface area contributed by atoms with Gasteiger partial charge in [0.1, 0.15) is 11.9 Å². The molecule has 2 heterocycles. The topological polar surface area (TPSA) is 137 Å². The third-order valence-corrected chi connectivity index (χ3v) is 7.24. The van der Waals surface area contributed by atoms with Gasteiger partial charge >= 0.3 is 11.8 Å². The van der Waals surface area contributed by atoms with Gasteiger partial charge in [-0.3, -0.25) is 14.2 Å². The minimum atomic E-state index is -1.12. The Labute approximate surface area is 242 Å². The van der Waals surface area contributed by atoms with E-state index in [1.165, 1.54) is 20.4 Å². The summed E-state index contributed by atoms with van der Waals surface area (Å²) in [5.74, 6) is -2.32. The van der Waals surface area contributed by atoms with Crippen molar-refractivity contribution in [1.29, 1.82) is 0 Å². The molecule has 0 saturated carbocycles. The maximum Gasteiger partial charge on any atom is 0.419 e. The lowest BCUT2D eigenvalue weighted by Gasteiger charge is -2.42. The number of aromatic nitrogens is 1. The van der Waals surface area contributed by atoms with Crippen LogP contribution in [0.1, 0.15) is 39.7 Å². The molecule has 1 fully saturated rings. The second-order valence-electron chi connectivity index (χ2n) is 11.3. The summed E-state index contributed by atoms with van der Waals surface area (Å²) in [6.45, 7) is 7.77. The summed E-state index contributed by atoms with van der Waals surface area (Å²) >= 11 is 0. The first kappa shape index (κ1) is 30.8. The lowest BCUT2D eigenvalue weighted by molar-refractivity contribution is -0.155. The van der Waals surface area contributed by atoms with Gasteiger partial charge in [-0.15, -0.1) is 0 Å². The SMILES string of the molecule is CCOC(=O)N1CCCO[C@H](C(=O)N([C@@H](Cc2ccc(-c3ccc4oc(=O)n(C)c4c3)c(F)c2)C(N)=O)C(C)(C)C)C1. The lowest BCUT2D eigenvalue weighted by Crippen LogP contribution is -2.61. The van der Waals surface area contributed by atoms with E-state index in [0.717, 1.165) is 0 Å². The van der Waals surface area contributed by atoms with Crippen molar-refractivity contribution < 1.29 is 32.7 Å². The van der Waals surface area contributed by atoms with E-state index in [0.29, 0.717) is 40.8 Å². The fourth-order valence-corrected chi connectivity index (χ4v) is 5.22. The molecule has 4 rings (SSSR count). The van der Waals surface area contributed by atoms with E-state index in [-0.39, 0.29) is 26.2 Å². The maximum atomic E-state index is 15.4. The number of nitrogens with two attached hydrogens (primary N) is 1. The van der Waals surface area contributed by atoms with Crippen LogP contribution in [0.15, 0.2) is 45.6 Å². The molecule has 0 aliphatic carbocycles. The largest absolute Gasteiger partial charge is 0.450 e. The summed E-state index contributed by atoms with van der Waals surface area (Å²) in [5.41, 5.74) is 7.17. The molecule has 11 nitrogen and oxygen atoms in total. The zero-order chi connectivity index (χ0) is 30.8. The molecule has 3 aromatic rings. The van der Waals surface area contributed by atoms with E-state index in [9.17, 15) is 19.2 Å². The van der Waals surface area contributed by atoms with Crippen LogP contribution >= 0.6 is 0 Å². The molecule has 2 atom stereocenters. The van der Waals surface area contributed by atoms with Crippen LogP contribution in [0.4, 0.5) is 9.18 Å². The Morgan fingerprint density at radius 2 is 1.93 bits per heavy atom. The first-order chi connectivity index (χ1) is 19.8. The summed E-state index contributed by atoms with van der Waals surface area (Å²) < 4.78 is 32.9. The first-order valence-electron chi connectivity index (χ1n) is 13.9. The molecule has 12 heteroatoms. The van der Waals surface area contributed by atoms with Crippen LogP contribution in [0.5, 0.6) is 0 Å². The van der Waals surface area contributed by atoms with E-state index in [1.54, 1.807) is 65.1 Å². The van der Waals surface area contributed by atoms with Crippen molar-refractivity contribution in [2.45, 2.75) is 58.2 Å². The lowest BCUT2D eigenvalue weighted by atomic mass is 9.95. The fraction of sp³-hybridized carbons (Fsp3) is 0.467. The van der Waals surface area contributed by atoms with Crippen LogP contribution in [-0.2, 0) is 32.5 Å². The van der Waals surface area contributed by atoms with Crippen molar-refractivity contribution in [3.8, 4) is 11.1 Å². The molecular formula is C30H37FN4O7. The number of nitrogens with zero attached hydrogens (tertiary/aromatic N) is 3. The molecule has 226 valence electrons. The zero-order valence-electron chi connectivity index (χ0n) is 24.5. The Morgan fingerprint density at radius 1 is 1.19 bits per heavy atom. The number of primary amides is 1. The highest BCUT2D eigenvalue weighted by molar-refractivity contribution is 5.90. The molecule has 0 spiro atoms. The maximum absolute atomic E-state index is 15.4. The second-order valence-corrected chi connectivity index (χ2v) is 11.3. The Bertz CT molecular complexity index is 1540. The van der Waals surface area contributed by atoms with Gasteiger partial charge in [0, 0.05) is 37.7 Å². The molecule has 0 bridgehead atoms. The van der Waals surface area contributed by atoms with Crippen molar-refractivity contribution in [3.63, 3.8) is 0 Å². The van der Waals surface area contributed by atoms with Gasteiger partial charge in [-0.2, -0.15) is 0 Å². The van der Waals surface area contributed by atoms with Crippen LogP contribution in [0.3, 0.4) is 0 Å². The van der Waals surface area contributed by atoms with Gasteiger partial charge in [0.2, 0.25) is 5.91 Å². The Hall–Kier alpha value is -4.19. The Kier molecular flexibility index (Phi) is 9.05. The van der Waals surface area contributed by atoms with Crippen LogP contribution in [-0.4, -0.2) is 76.3 Å². The standard InChI is InChI=1S/C30H37FN4O7/c1-6-40-29(39)34-12-7-13-41-25(17-34)27(37)35(30(2,3)4)23(26(32)36)15-18-8-10-20(21(31)14-18)19-9-11-24-22(16-19)33(5)28(38)42-24/h8-11,14,16,23,25H,6-7,12-13,15,17H2,1-5H3,(H2,32,36)/t23-,25-/m0/s1. The number of carbonyl (C=O) groups is 3. The summed E-state index contributed by atoms with van der Waals surface area (Å²) in [4.78, 5) is 53.8. The predicted molar refractivity (Wildman–Crippen MR) is 153 cm³/mol. The van der Waals surface area contributed by atoms with Gasteiger partial charge < -0.3 is 29.4 Å². The third-order valence-electron chi connectivity index (χ3n) is 7.24. The van der Waals surface area contributed by atoms with Gasteiger partial charge in [0.05, 0.1) is 18.7 Å². The van der Waals surface area contributed by atoms with Crippen molar-refractivity contribution in [3.05, 3.63) is 58.3 Å². The highest BCUT2D eigenvalue weighted by Gasteiger charge is 2.41. The van der Waals surface area contributed by atoms with E-state index >= 15 is 4.39 Å². The van der Waals surface area contributed by atoms with E-state index in [1.807, 2.05) is 0 Å². The van der Waals surface area contributed by atoms with Gasteiger partial charge in [0.15, 0.2) is 11.7 Å². The number of hydrogen-bond donors (Lipinski definition) is 1. The smallest absolute Gasteiger partial charge is 0.419 e. The second kappa shape index (κ2) is 12.4. The van der Waals surface area contributed by atoms with Crippen LogP contribution < -0.4 is 11.5 Å². The average Bonchev–Trinajstić information content (AvgIpc) is 3.07. The number of aryl methyl sites for hydroxylation is 1. The number of halogens is 1. The number of carbonyl (C=O) groups excluding carboxylic acids is 3. The fourth-order valence-electron chi connectivity index (χ4n) is 5.22. The molecule has 1 saturated heterocycles. The molecule has 2 N–H and O–H groups in total. The van der Waals surface area contributed by atoms with Crippen molar-refractivity contribution in [1.82, 2.24) is 14.4 Å². The van der Waals surface area contributed by atoms with Crippen molar-refractivity contribution >= 4 is 29.0 Å². The van der Waals surface area contributed by atoms with Crippen molar-refractivity contribution in [2.75, 3.05) is 26.3 Å². The van der Waals surface area contributed by atoms with Gasteiger partial charge in [-0.05, 0) is 63.4 Å². The third kappa shape index (κ3) is 6.48. The molecule has 3 amide bonds. The minimum absolute atomic E-state index is 0.0361. The highest BCUT2D eigenvalue weighted by Crippen LogP contribution is 2.29. The van der Waals surface area contributed by atoms with Gasteiger partial charge in [-0.25, -0.2) is 14.0 Å². The highest BCUT2D eigenvalue weighted by atomic mass is 19.1. The molecule has 2 aromatic carbocycles. The summed E-state index contributed by atoms with van der Waals surface area (Å²) in [5, 5.41) is 0. The summed E-state index contributed by atoms with van der Waals surface area (Å²) in [7, 11) is 1.57. The number of amides is 3. The van der Waals surface area contributed by atoms with Gasteiger partial charge in [-0.1, -0.05) is 18.2 Å². The monoisotopic (exact) mass is 584 g/mol. The van der Waals surface area contributed by atoms with E-state index in [2.05, 4.69) is 0 Å². The Balaban J connectivity index is 1.61. The zero-order valence-corrected chi connectivity index (χ0v) is 24.5. The number of ether oxygens (including phenoxy) is 2. The molecule has 0 unspecified atom stereocenters. The molecular weight excluding hydrogens is 547 g/mol. The molecule has 1 aromatic heterocycles. The van der Waals surface area contributed by atoms with Gasteiger partial charge in [0.25, 0.3) is 5.91 Å². The molecule has 1 aliphatic heterocycles. The quantitative estimate of drug-likeness (QED) is 0.450. The van der Waals surface area contributed by atoms with Crippen LogP contribution in [0.25, 0.3) is 22.2 Å². The Morgan fingerprint density at radius 3 is 2.57 bits per heavy atom. The molecule has 1 aliphatic rings. The number of oxazole rings is 1. The van der Waals surface area contributed by atoms with Crippen LogP contribution in [0.2, 0.25) is 0 Å². The molecule has 0 radical (unpaired) electrons. The van der Waals surface area contributed by atoms with Crippen LogP contribution in [0, 0.1) is 5.82 Å². The first-order valence-corrected chi connectivity index (χ1v) is 13.9. The number of hydrogen-bond acceptors (Lipinski definition) is 7.